The molecule has 1 aliphatic carbocycles. The SMILES string of the molecule is CCC(C)(CCOC(=O)NCCOCCOCCNC(=O)OCC1c2ccccc2-c2ccccc21)SSCOCCCCOC(=O)ON1C(=O)CCC1=O. The highest BCUT2D eigenvalue weighted by Gasteiger charge is 2.33. The number of amides is 4. The monoisotopic (exact) mass is 805 g/mol. The van der Waals surface area contributed by atoms with Gasteiger partial charge in [-0.2, -0.15) is 0 Å². The molecule has 2 aromatic carbocycles. The van der Waals surface area contributed by atoms with Crippen molar-refractivity contribution in [3.63, 3.8) is 0 Å². The van der Waals surface area contributed by atoms with E-state index in [0.29, 0.717) is 76.4 Å². The summed E-state index contributed by atoms with van der Waals surface area (Å²) in [6.07, 6.45) is 0.701. The van der Waals surface area contributed by atoms with Crippen LogP contribution in [0.4, 0.5) is 14.4 Å². The van der Waals surface area contributed by atoms with E-state index in [1.807, 2.05) is 24.3 Å². The van der Waals surface area contributed by atoms with Crippen molar-refractivity contribution in [1.82, 2.24) is 15.7 Å². The summed E-state index contributed by atoms with van der Waals surface area (Å²) in [5, 5.41) is 5.84. The van der Waals surface area contributed by atoms with Crippen LogP contribution in [0.3, 0.4) is 0 Å². The summed E-state index contributed by atoms with van der Waals surface area (Å²) in [6, 6.07) is 16.4. The van der Waals surface area contributed by atoms with Crippen LogP contribution in [0.2, 0.25) is 0 Å². The second kappa shape index (κ2) is 23.8. The lowest BCUT2D eigenvalue weighted by atomic mass is 9.98. The van der Waals surface area contributed by atoms with Crippen LogP contribution in [-0.4, -0.2) is 112 Å². The van der Waals surface area contributed by atoms with Crippen LogP contribution in [0, 0.1) is 0 Å². The Morgan fingerprint density at radius 1 is 0.745 bits per heavy atom. The van der Waals surface area contributed by atoms with Crippen LogP contribution in [0.25, 0.3) is 11.1 Å². The van der Waals surface area contributed by atoms with E-state index in [-0.39, 0.29) is 43.3 Å². The van der Waals surface area contributed by atoms with E-state index in [9.17, 15) is 24.0 Å². The Morgan fingerprint density at radius 3 is 1.95 bits per heavy atom. The smallest absolute Gasteiger partial charge is 0.450 e. The van der Waals surface area contributed by atoms with E-state index >= 15 is 0 Å². The van der Waals surface area contributed by atoms with Gasteiger partial charge in [-0.3, -0.25) is 14.4 Å². The summed E-state index contributed by atoms with van der Waals surface area (Å²) in [4.78, 5) is 63.6. The van der Waals surface area contributed by atoms with E-state index in [0.717, 1.165) is 17.5 Å². The van der Waals surface area contributed by atoms with Gasteiger partial charge in [0.1, 0.15) is 12.5 Å². The van der Waals surface area contributed by atoms with Crippen molar-refractivity contribution in [2.75, 3.05) is 71.9 Å². The van der Waals surface area contributed by atoms with Crippen molar-refractivity contribution in [3.8, 4) is 11.1 Å². The van der Waals surface area contributed by atoms with Crippen LogP contribution in [-0.2, 0) is 42.8 Å². The van der Waals surface area contributed by atoms with Gasteiger partial charge in [0.2, 0.25) is 0 Å². The van der Waals surface area contributed by atoms with Gasteiger partial charge < -0.3 is 39.1 Å². The molecule has 4 amide bonds. The second-order valence-corrected chi connectivity index (χ2v) is 15.6. The van der Waals surface area contributed by atoms with Gasteiger partial charge in [-0.25, -0.2) is 14.4 Å². The van der Waals surface area contributed by atoms with E-state index < -0.39 is 30.2 Å². The minimum absolute atomic E-state index is 0.00795. The summed E-state index contributed by atoms with van der Waals surface area (Å²) in [7, 11) is 3.25. The van der Waals surface area contributed by atoms with Gasteiger partial charge in [-0.05, 0) is 54.9 Å². The molecule has 4 rings (SSSR count). The topological polar surface area (TPSA) is 177 Å². The Morgan fingerprint density at radius 2 is 1.33 bits per heavy atom. The normalized spacial score (nSPS) is 14.5. The molecule has 2 N–H and O–H groups in total. The quantitative estimate of drug-likeness (QED) is 0.0290. The fourth-order valence-corrected chi connectivity index (χ4v) is 8.20. The molecule has 1 saturated heterocycles. The van der Waals surface area contributed by atoms with E-state index in [1.54, 1.807) is 21.6 Å². The molecule has 0 spiro atoms. The van der Waals surface area contributed by atoms with Crippen molar-refractivity contribution in [1.29, 1.82) is 0 Å². The lowest BCUT2D eigenvalue weighted by Crippen LogP contribution is -2.32. The Balaban J connectivity index is 0.908. The Hall–Kier alpha value is -4.03. The van der Waals surface area contributed by atoms with Gasteiger partial charge in [0.05, 0.1) is 39.6 Å². The molecule has 1 atom stereocenters. The average molecular weight is 806 g/mol. The number of nitrogens with one attached hydrogen (secondary N) is 2. The van der Waals surface area contributed by atoms with Crippen molar-refractivity contribution >= 4 is 51.7 Å². The third kappa shape index (κ3) is 14.9. The number of nitrogens with zero attached hydrogens (tertiary/aromatic N) is 1. The number of carbonyl (C=O) groups is 5. The summed E-state index contributed by atoms with van der Waals surface area (Å²) >= 11 is 0. The number of unbranched alkanes of at least 4 members (excludes halogenated alkanes) is 1. The molecular weight excluding hydrogens is 755 g/mol. The van der Waals surface area contributed by atoms with Gasteiger partial charge in [0.15, 0.2) is 0 Å². The molecule has 1 heterocycles. The maximum atomic E-state index is 12.3. The molecule has 0 aromatic heterocycles. The lowest BCUT2D eigenvalue weighted by Gasteiger charge is -2.26. The first-order valence-corrected chi connectivity index (χ1v) is 20.8. The first-order valence-electron chi connectivity index (χ1n) is 18.4. The van der Waals surface area contributed by atoms with E-state index in [4.69, 9.17) is 28.4 Å². The number of alkyl carbamates (subject to hydrolysis) is 2. The maximum absolute atomic E-state index is 12.3. The second-order valence-electron chi connectivity index (χ2n) is 12.8. The Kier molecular flexibility index (Phi) is 18.9. The zero-order valence-corrected chi connectivity index (χ0v) is 33.0. The summed E-state index contributed by atoms with van der Waals surface area (Å²) in [6.45, 7) is 7.18. The molecule has 15 nitrogen and oxygen atoms in total. The maximum Gasteiger partial charge on any atom is 0.533 e. The molecule has 302 valence electrons. The van der Waals surface area contributed by atoms with Gasteiger partial charge in [-0.15, -0.1) is 0 Å². The van der Waals surface area contributed by atoms with Gasteiger partial charge in [0.25, 0.3) is 11.8 Å². The standard InChI is InChI=1S/C38H51N3O12S2/c1-3-38(2,55-54-27-49-19-8-9-20-51-37(46)53-41-33(42)14-15-34(41)43)16-21-50-35(44)39-17-22-47-24-25-48-23-18-40-36(45)52-26-32-30-12-6-4-10-28(30)29-11-5-7-13-31(29)32/h4-7,10-13,32H,3,8-9,14-27H2,1-2H3,(H,39,44)(H,40,45). The number of rotatable bonds is 25. The fraction of sp³-hybridized carbons (Fsp3) is 0.553. The molecule has 0 radical (unpaired) electrons. The Bertz CT molecular complexity index is 1500. The summed E-state index contributed by atoms with van der Waals surface area (Å²) < 4.78 is 32.3. The first-order chi connectivity index (χ1) is 26.7. The number of benzene rings is 2. The highest BCUT2D eigenvalue weighted by Crippen LogP contribution is 2.44. The zero-order chi connectivity index (χ0) is 39.3. The van der Waals surface area contributed by atoms with Crippen LogP contribution in [0.15, 0.2) is 48.5 Å². The minimum atomic E-state index is -1.08. The zero-order valence-electron chi connectivity index (χ0n) is 31.4. The number of fused-ring (bicyclic) bond motifs is 3. The summed E-state index contributed by atoms with van der Waals surface area (Å²) in [5.74, 6) is -0.642. The molecule has 17 heteroatoms. The molecule has 0 bridgehead atoms. The largest absolute Gasteiger partial charge is 0.533 e. The van der Waals surface area contributed by atoms with Crippen molar-refractivity contribution in [2.45, 2.75) is 63.0 Å². The highest BCUT2D eigenvalue weighted by atomic mass is 33.1. The van der Waals surface area contributed by atoms with Gasteiger partial charge in [0, 0.05) is 43.2 Å². The molecule has 55 heavy (non-hydrogen) atoms. The van der Waals surface area contributed by atoms with Gasteiger partial charge in [-0.1, -0.05) is 82.1 Å². The fourth-order valence-electron chi connectivity index (χ4n) is 5.59. The molecule has 1 aliphatic heterocycles. The number of hydroxylamine groups is 2. The van der Waals surface area contributed by atoms with Crippen molar-refractivity contribution in [2.24, 2.45) is 0 Å². The minimum Gasteiger partial charge on any atom is -0.450 e. The molecule has 0 saturated carbocycles. The predicted molar refractivity (Wildman–Crippen MR) is 206 cm³/mol. The van der Waals surface area contributed by atoms with Gasteiger partial charge >= 0.3 is 18.3 Å². The molecule has 2 aliphatic rings. The predicted octanol–water partition coefficient (Wildman–Crippen LogP) is 6.20. The first kappa shape index (κ1) is 43.7. The number of carbonyl (C=O) groups excluding carboxylic acids is 5. The van der Waals surface area contributed by atoms with Crippen molar-refractivity contribution < 1.29 is 57.2 Å². The Labute approximate surface area is 329 Å². The van der Waals surface area contributed by atoms with Crippen LogP contribution in [0.5, 0.6) is 0 Å². The van der Waals surface area contributed by atoms with Crippen LogP contribution >= 0.6 is 21.6 Å². The number of ether oxygens (including phenoxy) is 6. The number of hydrogen-bond donors (Lipinski definition) is 2. The number of hydrogen-bond acceptors (Lipinski definition) is 14. The van der Waals surface area contributed by atoms with E-state index in [1.165, 1.54) is 11.1 Å². The third-order valence-electron chi connectivity index (χ3n) is 8.83. The van der Waals surface area contributed by atoms with E-state index in [2.05, 4.69) is 53.6 Å². The van der Waals surface area contributed by atoms with Crippen LogP contribution < -0.4 is 10.6 Å². The number of imide groups is 1. The highest BCUT2D eigenvalue weighted by molar-refractivity contribution is 8.77. The molecule has 2 aromatic rings. The van der Waals surface area contributed by atoms with Crippen molar-refractivity contribution in [3.05, 3.63) is 59.7 Å². The third-order valence-corrected chi connectivity index (χ3v) is 12.0. The average Bonchev–Trinajstić information content (AvgIpc) is 3.68. The van der Waals surface area contributed by atoms with Crippen LogP contribution in [0.1, 0.15) is 69.4 Å². The molecule has 1 fully saturated rings. The molecule has 1 unspecified atom stereocenters. The molecular formula is C38H51N3O12S2. The summed E-state index contributed by atoms with van der Waals surface area (Å²) in [5.41, 5.74) is 4.68. The lowest BCUT2D eigenvalue weighted by molar-refractivity contribution is -0.177.